The van der Waals surface area contributed by atoms with Gasteiger partial charge in [-0.15, -0.1) is 21.5 Å². The average molecular weight is 384 g/mol. The van der Waals surface area contributed by atoms with Crippen LogP contribution in [0.4, 0.5) is 0 Å². The van der Waals surface area contributed by atoms with Crippen molar-refractivity contribution < 1.29 is 9.15 Å². The lowest BCUT2D eigenvalue weighted by molar-refractivity contribution is 0.357. The third-order valence-corrected chi connectivity index (χ3v) is 5.77. The molecule has 0 spiro atoms. The van der Waals surface area contributed by atoms with Gasteiger partial charge in [-0.2, -0.15) is 0 Å². The van der Waals surface area contributed by atoms with Crippen molar-refractivity contribution in [2.75, 3.05) is 6.61 Å². The highest BCUT2D eigenvalue weighted by Crippen LogP contribution is 2.31. The third-order valence-electron chi connectivity index (χ3n) is 4.04. The molecule has 0 saturated heterocycles. The molecule has 26 heavy (non-hydrogen) atoms. The number of fused-ring (bicyclic) bond motifs is 2. The molecule has 4 heterocycles. The molecule has 0 fully saturated rings. The number of thioether (sulfide) groups is 1. The number of thiophene rings is 1. The minimum atomic E-state index is -0.118. The van der Waals surface area contributed by atoms with E-state index in [9.17, 15) is 4.79 Å². The number of rotatable bonds is 4. The van der Waals surface area contributed by atoms with Crippen LogP contribution in [0.5, 0.6) is 5.75 Å². The number of benzene rings is 1. The third kappa shape index (κ3) is 2.78. The van der Waals surface area contributed by atoms with Crippen molar-refractivity contribution in [2.24, 2.45) is 0 Å². The number of ether oxygens (including phenoxy) is 1. The van der Waals surface area contributed by atoms with Gasteiger partial charge in [0.1, 0.15) is 16.3 Å². The highest BCUT2D eigenvalue weighted by atomic mass is 32.2. The Bertz CT molecular complexity index is 1160. The molecule has 1 N–H and O–H groups in total. The molecule has 0 saturated carbocycles. The van der Waals surface area contributed by atoms with Crippen molar-refractivity contribution in [1.82, 2.24) is 20.2 Å². The maximum atomic E-state index is 12.0. The molecular formula is C17H12N4O3S2. The highest BCUT2D eigenvalue weighted by Gasteiger charge is 2.16. The lowest BCUT2D eigenvalue weighted by Crippen LogP contribution is -2.09. The van der Waals surface area contributed by atoms with E-state index in [2.05, 4.69) is 20.2 Å². The zero-order valence-corrected chi connectivity index (χ0v) is 15.0. The summed E-state index contributed by atoms with van der Waals surface area (Å²) in [7, 11) is 0. The lowest BCUT2D eigenvalue weighted by Gasteiger charge is -2.00. The molecule has 0 unspecified atom stereocenters. The van der Waals surface area contributed by atoms with Gasteiger partial charge < -0.3 is 14.1 Å². The van der Waals surface area contributed by atoms with Gasteiger partial charge in [-0.25, -0.2) is 4.98 Å². The van der Waals surface area contributed by atoms with Crippen LogP contribution in [-0.2, 0) is 12.2 Å². The van der Waals surface area contributed by atoms with E-state index in [0.29, 0.717) is 39.5 Å². The first-order valence-electron chi connectivity index (χ1n) is 7.95. The molecule has 0 radical (unpaired) electrons. The van der Waals surface area contributed by atoms with E-state index in [1.165, 1.54) is 23.1 Å². The Morgan fingerprint density at radius 1 is 1.27 bits per heavy atom. The van der Waals surface area contributed by atoms with Crippen LogP contribution in [0.15, 0.2) is 44.1 Å². The SMILES string of the molecule is O=c1[nH]c(CSc2nnc(-c3ccc4c(c3)CCO4)o2)nc2ccsc12. The molecule has 0 amide bonds. The molecular weight excluding hydrogens is 372 g/mol. The largest absolute Gasteiger partial charge is 0.493 e. The van der Waals surface area contributed by atoms with Crippen LogP contribution in [0.25, 0.3) is 21.7 Å². The summed E-state index contributed by atoms with van der Waals surface area (Å²) in [6, 6.07) is 7.70. The second-order valence-electron chi connectivity index (χ2n) is 5.73. The van der Waals surface area contributed by atoms with Gasteiger partial charge in [0.2, 0.25) is 5.89 Å². The highest BCUT2D eigenvalue weighted by molar-refractivity contribution is 7.98. The summed E-state index contributed by atoms with van der Waals surface area (Å²) in [5.74, 6) is 2.42. The summed E-state index contributed by atoms with van der Waals surface area (Å²) in [4.78, 5) is 19.2. The normalized spacial score (nSPS) is 13.1. The topological polar surface area (TPSA) is 93.9 Å². The first-order valence-corrected chi connectivity index (χ1v) is 9.81. The van der Waals surface area contributed by atoms with E-state index >= 15 is 0 Å². The standard InChI is InChI=1S/C17H12N4O3S2/c22-15-14-11(4-6-25-14)18-13(19-15)8-26-17-21-20-16(24-17)10-1-2-12-9(7-10)3-5-23-12/h1-2,4,6-7H,3,5,8H2,(H,18,19,22). The van der Waals surface area contributed by atoms with E-state index in [1.54, 1.807) is 0 Å². The summed E-state index contributed by atoms with van der Waals surface area (Å²) in [6.07, 6.45) is 0.892. The number of nitrogens with one attached hydrogen (secondary N) is 1. The van der Waals surface area contributed by atoms with Crippen molar-refractivity contribution >= 4 is 33.3 Å². The molecule has 1 aromatic carbocycles. The van der Waals surface area contributed by atoms with Gasteiger partial charge in [0.15, 0.2) is 0 Å². The van der Waals surface area contributed by atoms with E-state index in [0.717, 1.165) is 23.3 Å². The smallest absolute Gasteiger partial charge is 0.277 e. The van der Waals surface area contributed by atoms with Gasteiger partial charge in [0.05, 0.1) is 17.9 Å². The van der Waals surface area contributed by atoms with Crippen LogP contribution in [0, 0.1) is 0 Å². The van der Waals surface area contributed by atoms with E-state index in [4.69, 9.17) is 9.15 Å². The molecule has 0 aliphatic carbocycles. The first-order chi connectivity index (χ1) is 12.8. The Morgan fingerprint density at radius 3 is 3.19 bits per heavy atom. The predicted molar refractivity (Wildman–Crippen MR) is 98.7 cm³/mol. The summed E-state index contributed by atoms with van der Waals surface area (Å²) in [6.45, 7) is 0.712. The molecule has 3 aromatic heterocycles. The molecule has 0 atom stereocenters. The number of hydrogen-bond acceptors (Lipinski definition) is 8. The zero-order chi connectivity index (χ0) is 17.5. The van der Waals surface area contributed by atoms with Gasteiger partial charge in [0, 0.05) is 12.0 Å². The first kappa shape index (κ1) is 15.6. The van der Waals surface area contributed by atoms with Crippen LogP contribution >= 0.6 is 23.1 Å². The Morgan fingerprint density at radius 2 is 2.23 bits per heavy atom. The fourth-order valence-electron chi connectivity index (χ4n) is 2.82. The maximum Gasteiger partial charge on any atom is 0.277 e. The molecule has 9 heteroatoms. The monoisotopic (exact) mass is 384 g/mol. The number of H-pyrrole nitrogens is 1. The van der Waals surface area contributed by atoms with Gasteiger partial charge >= 0.3 is 0 Å². The van der Waals surface area contributed by atoms with Crippen LogP contribution in [0.1, 0.15) is 11.4 Å². The number of hydrogen-bond donors (Lipinski definition) is 1. The van der Waals surface area contributed by atoms with Crippen LogP contribution in [0.2, 0.25) is 0 Å². The quantitative estimate of drug-likeness (QED) is 0.540. The van der Waals surface area contributed by atoms with Crippen molar-refractivity contribution in [3.8, 4) is 17.2 Å². The number of aromatic amines is 1. The fourth-order valence-corrected chi connectivity index (χ4v) is 4.18. The van der Waals surface area contributed by atoms with Crippen molar-refractivity contribution in [1.29, 1.82) is 0 Å². The molecule has 0 bridgehead atoms. The minimum absolute atomic E-state index is 0.118. The molecule has 5 rings (SSSR count). The summed E-state index contributed by atoms with van der Waals surface area (Å²) >= 11 is 2.72. The van der Waals surface area contributed by atoms with Crippen LogP contribution < -0.4 is 10.3 Å². The van der Waals surface area contributed by atoms with Gasteiger partial charge in [-0.1, -0.05) is 11.8 Å². The molecule has 7 nitrogen and oxygen atoms in total. The summed E-state index contributed by atoms with van der Waals surface area (Å²) in [5, 5.41) is 10.5. The predicted octanol–water partition coefficient (Wildman–Crippen LogP) is 3.26. The Balaban J connectivity index is 1.34. The second kappa shape index (κ2) is 6.26. The molecule has 1 aliphatic rings. The number of nitrogens with zero attached hydrogens (tertiary/aromatic N) is 3. The van der Waals surface area contributed by atoms with Crippen molar-refractivity contribution in [3.63, 3.8) is 0 Å². The molecule has 1 aliphatic heterocycles. The van der Waals surface area contributed by atoms with Crippen LogP contribution in [0.3, 0.4) is 0 Å². The average Bonchev–Trinajstić information content (AvgIpc) is 3.38. The minimum Gasteiger partial charge on any atom is -0.493 e. The maximum absolute atomic E-state index is 12.0. The second-order valence-corrected chi connectivity index (χ2v) is 7.57. The summed E-state index contributed by atoms with van der Waals surface area (Å²) < 4.78 is 11.9. The molecule has 4 aromatic rings. The Kier molecular flexibility index (Phi) is 3.75. The molecule has 130 valence electrons. The van der Waals surface area contributed by atoms with E-state index in [1.807, 2.05) is 29.6 Å². The Labute approximate surface area is 155 Å². The van der Waals surface area contributed by atoms with Crippen molar-refractivity contribution in [3.05, 3.63) is 51.4 Å². The fraction of sp³-hybridized carbons (Fsp3) is 0.176. The van der Waals surface area contributed by atoms with Crippen molar-refractivity contribution in [2.45, 2.75) is 17.4 Å². The zero-order valence-electron chi connectivity index (χ0n) is 13.4. The lowest BCUT2D eigenvalue weighted by atomic mass is 10.1. The summed E-state index contributed by atoms with van der Waals surface area (Å²) in [5.41, 5.74) is 2.62. The van der Waals surface area contributed by atoms with Crippen LogP contribution in [-0.4, -0.2) is 26.8 Å². The van der Waals surface area contributed by atoms with Gasteiger partial charge in [-0.3, -0.25) is 4.79 Å². The van der Waals surface area contributed by atoms with Gasteiger partial charge in [-0.05, 0) is 35.2 Å². The van der Waals surface area contributed by atoms with E-state index in [-0.39, 0.29) is 5.56 Å². The van der Waals surface area contributed by atoms with Gasteiger partial charge in [0.25, 0.3) is 10.8 Å². The number of aromatic nitrogens is 4. The van der Waals surface area contributed by atoms with E-state index < -0.39 is 0 Å². The Hall–Kier alpha value is -2.65.